The predicted molar refractivity (Wildman–Crippen MR) is 85.9 cm³/mol. The van der Waals surface area contributed by atoms with Crippen molar-refractivity contribution in [3.63, 3.8) is 0 Å². The lowest BCUT2D eigenvalue weighted by atomic mass is 10.1. The Morgan fingerprint density at radius 3 is 2.70 bits per heavy atom. The number of ether oxygens (including phenoxy) is 1. The summed E-state index contributed by atoms with van der Waals surface area (Å²) < 4.78 is 8.90. The van der Waals surface area contributed by atoms with E-state index in [2.05, 4.69) is 45.9 Å². The van der Waals surface area contributed by atoms with Crippen LogP contribution in [0.15, 0.2) is 47.2 Å². The summed E-state index contributed by atoms with van der Waals surface area (Å²) in [6.45, 7) is 3.64. The van der Waals surface area contributed by atoms with Crippen molar-refractivity contribution in [2.24, 2.45) is 5.73 Å². The summed E-state index contributed by atoms with van der Waals surface area (Å²) in [5.41, 5.74) is 7.31. The van der Waals surface area contributed by atoms with Crippen LogP contribution in [0.2, 0.25) is 0 Å². The van der Waals surface area contributed by atoms with E-state index in [4.69, 9.17) is 10.5 Å². The molecule has 20 heavy (non-hydrogen) atoms. The number of benzene rings is 1. The topological polar surface area (TPSA) is 40.2 Å². The first-order valence-corrected chi connectivity index (χ1v) is 7.78. The molecule has 2 aromatic rings. The lowest BCUT2D eigenvalue weighted by molar-refractivity contribution is 0.298. The van der Waals surface area contributed by atoms with Gasteiger partial charge in [-0.3, -0.25) is 0 Å². The van der Waals surface area contributed by atoms with Gasteiger partial charge >= 0.3 is 0 Å². The first-order chi connectivity index (χ1) is 9.69. The molecule has 0 amide bonds. The van der Waals surface area contributed by atoms with Crippen molar-refractivity contribution in [1.29, 1.82) is 0 Å². The summed E-state index contributed by atoms with van der Waals surface area (Å²) >= 11 is 3.41. The second-order valence-corrected chi connectivity index (χ2v) is 5.80. The van der Waals surface area contributed by atoms with Gasteiger partial charge in [-0.1, -0.05) is 29.3 Å². The van der Waals surface area contributed by atoms with Gasteiger partial charge in [0.25, 0.3) is 0 Å². The highest BCUT2D eigenvalue weighted by Crippen LogP contribution is 2.17. The Balaban J connectivity index is 1.81. The normalized spacial score (nSPS) is 12.3. The number of hydrogen-bond donors (Lipinski definition) is 1. The maximum Gasteiger partial charge on any atom is 0.119 e. The van der Waals surface area contributed by atoms with E-state index in [-0.39, 0.29) is 6.04 Å². The molecule has 0 radical (unpaired) electrons. The number of aromatic nitrogens is 1. The van der Waals surface area contributed by atoms with Crippen LogP contribution >= 0.6 is 15.9 Å². The number of nitrogens with two attached hydrogens (primary N) is 1. The van der Waals surface area contributed by atoms with Crippen molar-refractivity contribution in [3.8, 4) is 5.75 Å². The second-order valence-electron chi connectivity index (χ2n) is 4.88. The fourth-order valence-corrected chi connectivity index (χ4v) is 2.36. The molecule has 0 spiro atoms. The van der Waals surface area contributed by atoms with E-state index in [9.17, 15) is 0 Å². The zero-order chi connectivity index (χ0) is 14.4. The van der Waals surface area contributed by atoms with Crippen LogP contribution in [0.5, 0.6) is 5.75 Å². The third-order valence-electron chi connectivity index (χ3n) is 3.23. The highest BCUT2D eigenvalue weighted by Gasteiger charge is 2.06. The fraction of sp³-hybridized carbons (Fsp3) is 0.375. The van der Waals surface area contributed by atoms with E-state index in [0.717, 1.165) is 29.6 Å². The van der Waals surface area contributed by atoms with Crippen LogP contribution in [0.1, 0.15) is 31.4 Å². The maximum absolute atomic E-state index is 6.10. The van der Waals surface area contributed by atoms with Crippen LogP contribution < -0.4 is 10.5 Å². The molecule has 3 nitrogen and oxygen atoms in total. The van der Waals surface area contributed by atoms with E-state index in [0.29, 0.717) is 6.61 Å². The van der Waals surface area contributed by atoms with Gasteiger partial charge in [-0.05, 0) is 42.3 Å². The minimum Gasteiger partial charge on any atom is -0.492 e. The van der Waals surface area contributed by atoms with Crippen molar-refractivity contribution < 1.29 is 4.74 Å². The highest BCUT2D eigenvalue weighted by atomic mass is 79.9. The molecule has 0 fully saturated rings. The number of halogens is 1. The van der Waals surface area contributed by atoms with Gasteiger partial charge in [0.2, 0.25) is 0 Å². The van der Waals surface area contributed by atoms with Crippen molar-refractivity contribution in [2.75, 3.05) is 6.61 Å². The average molecular weight is 337 g/mol. The van der Waals surface area contributed by atoms with E-state index in [1.165, 1.54) is 5.56 Å². The Bertz CT molecular complexity index is 522. The lowest BCUT2D eigenvalue weighted by Gasteiger charge is -2.08. The molecule has 1 aromatic heterocycles. The maximum atomic E-state index is 6.10. The average Bonchev–Trinajstić information content (AvgIpc) is 2.90. The van der Waals surface area contributed by atoms with Gasteiger partial charge < -0.3 is 15.0 Å². The number of nitrogens with zero attached hydrogens (tertiary/aromatic N) is 1. The van der Waals surface area contributed by atoms with Gasteiger partial charge in [0, 0.05) is 22.9 Å². The number of rotatable bonds is 7. The summed E-state index contributed by atoms with van der Waals surface area (Å²) in [4.78, 5) is 0. The summed E-state index contributed by atoms with van der Waals surface area (Å²) in [6, 6.07) is 10.1. The summed E-state index contributed by atoms with van der Waals surface area (Å²) in [5, 5.41) is 0. The fourth-order valence-electron chi connectivity index (χ4n) is 2.10. The van der Waals surface area contributed by atoms with E-state index in [1.54, 1.807) is 0 Å². The molecule has 1 unspecified atom stereocenters. The molecule has 2 N–H and O–H groups in total. The second kappa shape index (κ2) is 7.50. The summed E-state index contributed by atoms with van der Waals surface area (Å²) in [5.74, 6) is 0.892. The Kier molecular flexibility index (Phi) is 5.68. The van der Waals surface area contributed by atoms with E-state index in [1.807, 2.05) is 24.3 Å². The van der Waals surface area contributed by atoms with Crippen molar-refractivity contribution in [3.05, 3.63) is 52.8 Å². The molecule has 0 bridgehead atoms. The Morgan fingerprint density at radius 1 is 1.25 bits per heavy atom. The van der Waals surface area contributed by atoms with Gasteiger partial charge in [0.15, 0.2) is 0 Å². The smallest absolute Gasteiger partial charge is 0.119 e. The zero-order valence-electron chi connectivity index (χ0n) is 11.8. The zero-order valence-corrected chi connectivity index (χ0v) is 13.3. The molecule has 0 aliphatic rings. The minimum absolute atomic E-state index is 0.147. The van der Waals surface area contributed by atoms with Crippen LogP contribution in [0.3, 0.4) is 0 Å². The van der Waals surface area contributed by atoms with Gasteiger partial charge in [0.05, 0.1) is 6.54 Å². The third-order valence-corrected chi connectivity index (χ3v) is 3.76. The lowest BCUT2D eigenvalue weighted by Crippen LogP contribution is -2.09. The molecule has 0 aliphatic heterocycles. The van der Waals surface area contributed by atoms with Crippen molar-refractivity contribution >= 4 is 15.9 Å². The van der Waals surface area contributed by atoms with E-state index >= 15 is 0 Å². The Hall–Kier alpha value is -1.26. The SMILES string of the molecule is CCCC(N)c1ccn(CCOc2ccc(Br)cc2)c1. The van der Waals surface area contributed by atoms with Crippen LogP contribution in [0.4, 0.5) is 0 Å². The van der Waals surface area contributed by atoms with Crippen LogP contribution in [-0.4, -0.2) is 11.2 Å². The summed E-state index contributed by atoms with van der Waals surface area (Å²) in [7, 11) is 0. The molecule has 1 atom stereocenters. The quantitative estimate of drug-likeness (QED) is 0.825. The molecule has 0 aliphatic carbocycles. The van der Waals surface area contributed by atoms with Gasteiger partial charge in [-0.25, -0.2) is 0 Å². The van der Waals surface area contributed by atoms with Crippen molar-refractivity contribution in [1.82, 2.24) is 4.57 Å². The standard InChI is InChI=1S/C16H21BrN2O/c1-2-3-16(18)13-8-9-19(12-13)10-11-20-15-6-4-14(17)5-7-15/h4-9,12,16H,2-3,10-11,18H2,1H3. The molecule has 1 heterocycles. The van der Waals surface area contributed by atoms with Gasteiger partial charge in [0.1, 0.15) is 12.4 Å². The highest BCUT2D eigenvalue weighted by molar-refractivity contribution is 9.10. The summed E-state index contributed by atoms with van der Waals surface area (Å²) in [6.07, 6.45) is 6.32. The van der Waals surface area contributed by atoms with Crippen LogP contribution in [0, 0.1) is 0 Å². The van der Waals surface area contributed by atoms with Gasteiger partial charge in [-0.15, -0.1) is 0 Å². The molecular weight excluding hydrogens is 316 g/mol. The molecular formula is C16H21BrN2O. The molecule has 0 saturated carbocycles. The molecule has 4 heteroatoms. The Morgan fingerprint density at radius 2 is 2.00 bits per heavy atom. The first-order valence-electron chi connectivity index (χ1n) is 6.98. The number of hydrogen-bond acceptors (Lipinski definition) is 2. The molecule has 1 aromatic carbocycles. The predicted octanol–water partition coefficient (Wildman–Crippen LogP) is 4.13. The van der Waals surface area contributed by atoms with Crippen molar-refractivity contribution in [2.45, 2.75) is 32.4 Å². The van der Waals surface area contributed by atoms with Gasteiger partial charge in [-0.2, -0.15) is 0 Å². The molecule has 0 saturated heterocycles. The Labute approximate surface area is 128 Å². The van der Waals surface area contributed by atoms with Crippen LogP contribution in [0.25, 0.3) is 0 Å². The third kappa shape index (κ3) is 4.39. The van der Waals surface area contributed by atoms with E-state index < -0.39 is 0 Å². The first kappa shape index (κ1) is 15.1. The molecule has 2 rings (SSSR count). The minimum atomic E-state index is 0.147. The molecule has 108 valence electrons. The monoisotopic (exact) mass is 336 g/mol. The largest absolute Gasteiger partial charge is 0.492 e. The van der Waals surface area contributed by atoms with Crippen LogP contribution in [-0.2, 0) is 6.54 Å².